The van der Waals surface area contributed by atoms with Gasteiger partial charge in [0.15, 0.2) is 0 Å². The summed E-state index contributed by atoms with van der Waals surface area (Å²) in [5, 5.41) is 0. The maximum absolute atomic E-state index is 12.3. The lowest BCUT2D eigenvalue weighted by Gasteiger charge is -2.24. The lowest BCUT2D eigenvalue weighted by Crippen LogP contribution is -2.34. The van der Waals surface area contributed by atoms with Gasteiger partial charge in [-0.1, -0.05) is 6.92 Å². The van der Waals surface area contributed by atoms with Crippen molar-refractivity contribution in [3.8, 4) is 0 Å². The normalized spacial score (nSPS) is 16.3. The van der Waals surface area contributed by atoms with E-state index in [1.54, 1.807) is 12.4 Å². The summed E-state index contributed by atoms with van der Waals surface area (Å²) in [6.45, 7) is 3.29. The summed E-state index contributed by atoms with van der Waals surface area (Å²) in [5.41, 5.74) is 6.73. The molecule has 0 aromatic carbocycles. The van der Waals surface area contributed by atoms with E-state index in [4.69, 9.17) is 5.73 Å². The monoisotopic (exact) mass is 247 g/mol. The fourth-order valence-electron chi connectivity index (χ4n) is 1.99. The van der Waals surface area contributed by atoms with Crippen LogP contribution in [0.2, 0.25) is 0 Å². The van der Waals surface area contributed by atoms with Gasteiger partial charge in [-0.15, -0.1) is 0 Å². The van der Waals surface area contributed by atoms with Gasteiger partial charge in [-0.2, -0.15) is 0 Å². The minimum atomic E-state index is 0.229. The molecule has 1 fully saturated rings. The van der Waals surface area contributed by atoms with Crippen LogP contribution in [0.1, 0.15) is 31.7 Å². The Bertz CT molecular complexity index is 389. The molecule has 1 amide bonds. The molecule has 18 heavy (non-hydrogen) atoms. The molecule has 1 aliphatic carbocycles. The molecule has 0 aliphatic heterocycles. The average Bonchev–Trinajstić information content (AvgIpc) is 3.21. The number of rotatable bonds is 6. The zero-order valence-electron chi connectivity index (χ0n) is 10.9. The van der Waals surface area contributed by atoms with Gasteiger partial charge in [0.1, 0.15) is 0 Å². The Hall–Kier alpha value is -1.42. The van der Waals surface area contributed by atoms with Crippen LogP contribution in [-0.2, 0) is 11.3 Å². The minimum absolute atomic E-state index is 0.229. The van der Waals surface area contributed by atoms with Crippen molar-refractivity contribution in [2.24, 2.45) is 11.7 Å². The Kier molecular flexibility index (Phi) is 4.31. The highest BCUT2D eigenvalue weighted by molar-refractivity contribution is 5.77. The van der Waals surface area contributed by atoms with Crippen LogP contribution >= 0.6 is 0 Å². The van der Waals surface area contributed by atoms with E-state index in [1.807, 2.05) is 24.0 Å². The van der Waals surface area contributed by atoms with Crippen molar-refractivity contribution in [1.29, 1.82) is 0 Å². The second-order valence-electron chi connectivity index (χ2n) is 5.15. The van der Waals surface area contributed by atoms with Crippen LogP contribution in [0.4, 0.5) is 0 Å². The van der Waals surface area contributed by atoms with Crippen LogP contribution < -0.4 is 5.73 Å². The molecule has 0 spiro atoms. The molecule has 4 nitrogen and oxygen atoms in total. The van der Waals surface area contributed by atoms with Crippen LogP contribution in [0.25, 0.3) is 0 Å². The first kappa shape index (κ1) is 13.0. The molecule has 0 radical (unpaired) electrons. The topological polar surface area (TPSA) is 59.2 Å². The molecule has 2 rings (SSSR count). The van der Waals surface area contributed by atoms with E-state index in [-0.39, 0.29) is 11.8 Å². The van der Waals surface area contributed by atoms with Gasteiger partial charge < -0.3 is 10.6 Å². The first-order valence-electron chi connectivity index (χ1n) is 6.59. The van der Waals surface area contributed by atoms with Crippen molar-refractivity contribution in [3.05, 3.63) is 30.1 Å². The Morgan fingerprint density at radius 3 is 2.72 bits per heavy atom. The number of hydrogen-bond acceptors (Lipinski definition) is 3. The highest BCUT2D eigenvalue weighted by atomic mass is 16.2. The van der Waals surface area contributed by atoms with Gasteiger partial charge in [-0.3, -0.25) is 9.78 Å². The van der Waals surface area contributed by atoms with Crippen LogP contribution in [-0.4, -0.2) is 28.4 Å². The van der Waals surface area contributed by atoms with Crippen LogP contribution in [0.5, 0.6) is 0 Å². The summed E-state index contributed by atoms with van der Waals surface area (Å²) in [6, 6.07) is 4.37. The molecule has 0 saturated heterocycles. The van der Waals surface area contributed by atoms with E-state index in [0.717, 1.165) is 18.4 Å². The lowest BCUT2D eigenvalue weighted by molar-refractivity contribution is -0.133. The Morgan fingerprint density at radius 2 is 2.17 bits per heavy atom. The van der Waals surface area contributed by atoms with E-state index in [2.05, 4.69) is 4.98 Å². The van der Waals surface area contributed by atoms with Gasteiger partial charge in [0.05, 0.1) is 0 Å². The third-order valence-electron chi connectivity index (χ3n) is 3.34. The molecule has 1 saturated carbocycles. The first-order valence-corrected chi connectivity index (χ1v) is 6.59. The second kappa shape index (κ2) is 5.96. The van der Waals surface area contributed by atoms with Gasteiger partial charge in [0.25, 0.3) is 0 Å². The first-order chi connectivity index (χ1) is 8.70. The smallest absolute Gasteiger partial charge is 0.223 e. The van der Waals surface area contributed by atoms with Crippen molar-refractivity contribution in [2.45, 2.75) is 38.8 Å². The fraction of sp³-hybridized carbons (Fsp3) is 0.571. The molecule has 1 aromatic heterocycles. The van der Waals surface area contributed by atoms with Gasteiger partial charge in [-0.25, -0.2) is 0 Å². The van der Waals surface area contributed by atoms with E-state index >= 15 is 0 Å². The molecule has 0 bridgehead atoms. The van der Waals surface area contributed by atoms with Crippen molar-refractivity contribution in [3.63, 3.8) is 0 Å². The number of carbonyl (C=O) groups excluding carboxylic acids is 1. The zero-order valence-corrected chi connectivity index (χ0v) is 10.9. The van der Waals surface area contributed by atoms with Crippen molar-refractivity contribution in [1.82, 2.24) is 9.88 Å². The number of nitrogens with zero attached hydrogens (tertiary/aromatic N) is 2. The SMILES string of the molecule is CC(CN)CC(=O)N(Cc1ccncc1)C1CC1. The highest BCUT2D eigenvalue weighted by Gasteiger charge is 2.32. The van der Waals surface area contributed by atoms with Gasteiger partial charge in [0.2, 0.25) is 5.91 Å². The number of hydrogen-bond donors (Lipinski definition) is 1. The zero-order chi connectivity index (χ0) is 13.0. The third kappa shape index (κ3) is 3.53. The molecule has 98 valence electrons. The van der Waals surface area contributed by atoms with E-state index < -0.39 is 0 Å². The highest BCUT2D eigenvalue weighted by Crippen LogP contribution is 2.29. The molecule has 2 N–H and O–H groups in total. The molecule has 4 heteroatoms. The molecular weight excluding hydrogens is 226 g/mol. The van der Waals surface area contributed by atoms with E-state index in [0.29, 0.717) is 25.6 Å². The summed E-state index contributed by atoms with van der Waals surface area (Å²) in [6.07, 6.45) is 6.36. The summed E-state index contributed by atoms with van der Waals surface area (Å²) in [7, 11) is 0. The molecule has 1 aromatic rings. The minimum Gasteiger partial charge on any atom is -0.335 e. The summed E-state index contributed by atoms with van der Waals surface area (Å²) in [4.78, 5) is 18.3. The summed E-state index contributed by atoms with van der Waals surface area (Å²) < 4.78 is 0. The quantitative estimate of drug-likeness (QED) is 0.830. The Balaban J connectivity index is 1.98. The Labute approximate surface area is 108 Å². The maximum atomic E-state index is 12.3. The van der Waals surface area contributed by atoms with E-state index in [9.17, 15) is 4.79 Å². The number of amides is 1. The Morgan fingerprint density at radius 1 is 1.50 bits per heavy atom. The van der Waals surface area contributed by atoms with Gasteiger partial charge in [0, 0.05) is 31.4 Å². The van der Waals surface area contributed by atoms with Crippen LogP contribution in [0.15, 0.2) is 24.5 Å². The van der Waals surface area contributed by atoms with E-state index in [1.165, 1.54) is 0 Å². The molecule has 1 atom stereocenters. The molecular formula is C14H21N3O. The van der Waals surface area contributed by atoms with Crippen molar-refractivity contribution in [2.75, 3.05) is 6.54 Å². The van der Waals surface area contributed by atoms with Crippen molar-refractivity contribution >= 4 is 5.91 Å². The number of aromatic nitrogens is 1. The number of carbonyl (C=O) groups is 1. The molecule has 1 aliphatic rings. The molecule has 1 unspecified atom stereocenters. The van der Waals surface area contributed by atoms with Crippen LogP contribution in [0.3, 0.4) is 0 Å². The predicted octanol–water partition coefficient (Wildman–Crippen LogP) is 1.56. The van der Waals surface area contributed by atoms with Crippen LogP contribution in [0, 0.1) is 5.92 Å². The second-order valence-corrected chi connectivity index (χ2v) is 5.15. The largest absolute Gasteiger partial charge is 0.335 e. The number of nitrogens with two attached hydrogens (primary N) is 1. The standard InChI is InChI=1S/C14H21N3O/c1-11(9-15)8-14(18)17(13-2-3-13)10-12-4-6-16-7-5-12/h4-7,11,13H,2-3,8-10,15H2,1H3. The van der Waals surface area contributed by atoms with Gasteiger partial charge in [-0.05, 0) is 43.0 Å². The lowest BCUT2D eigenvalue weighted by atomic mass is 10.1. The van der Waals surface area contributed by atoms with Gasteiger partial charge >= 0.3 is 0 Å². The third-order valence-corrected chi connectivity index (χ3v) is 3.34. The summed E-state index contributed by atoms with van der Waals surface area (Å²) in [5.74, 6) is 0.489. The summed E-state index contributed by atoms with van der Waals surface area (Å²) >= 11 is 0. The van der Waals surface area contributed by atoms with Crippen molar-refractivity contribution < 1.29 is 4.79 Å². The predicted molar refractivity (Wildman–Crippen MR) is 70.6 cm³/mol. The molecule has 1 heterocycles. The maximum Gasteiger partial charge on any atom is 0.223 e. The average molecular weight is 247 g/mol. The fourth-order valence-corrected chi connectivity index (χ4v) is 1.99. The number of pyridine rings is 1.